The molecule has 0 radical (unpaired) electrons. The fourth-order valence-electron chi connectivity index (χ4n) is 2.03. The SMILES string of the molecule is CCn1ncc(Br)c1C(N)c1cc(F)ccc1C. The van der Waals surface area contributed by atoms with E-state index >= 15 is 0 Å². The highest BCUT2D eigenvalue weighted by atomic mass is 79.9. The molecule has 0 bridgehead atoms. The third-order valence-corrected chi connectivity index (χ3v) is 3.61. The zero-order valence-corrected chi connectivity index (χ0v) is 11.9. The van der Waals surface area contributed by atoms with E-state index in [1.54, 1.807) is 12.3 Å². The lowest BCUT2D eigenvalue weighted by Gasteiger charge is -2.17. The molecule has 1 heterocycles. The summed E-state index contributed by atoms with van der Waals surface area (Å²) >= 11 is 3.44. The van der Waals surface area contributed by atoms with Crippen LogP contribution in [0.1, 0.15) is 29.8 Å². The zero-order chi connectivity index (χ0) is 13.3. The zero-order valence-electron chi connectivity index (χ0n) is 10.3. The molecule has 0 aliphatic rings. The maximum atomic E-state index is 13.3. The summed E-state index contributed by atoms with van der Waals surface area (Å²) in [5.74, 6) is -0.273. The Labute approximate surface area is 114 Å². The van der Waals surface area contributed by atoms with E-state index in [4.69, 9.17) is 5.73 Å². The molecule has 2 rings (SSSR count). The van der Waals surface area contributed by atoms with Crippen molar-refractivity contribution >= 4 is 15.9 Å². The van der Waals surface area contributed by atoms with Gasteiger partial charge in [-0.25, -0.2) is 4.39 Å². The Morgan fingerprint density at radius 3 is 2.89 bits per heavy atom. The molecule has 0 saturated heterocycles. The number of benzene rings is 1. The number of nitrogens with two attached hydrogens (primary N) is 1. The first-order chi connectivity index (χ1) is 8.54. The first kappa shape index (κ1) is 13.2. The van der Waals surface area contributed by atoms with Gasteiger partial charge in [-0.15, -0.1) is 0 Å². The number of rotatable bonds is 3. The van der Waals surface area contributed by atoms with Crippen molar-refractivity contribution in [2.75, 3.05) is 0 Å². The van der Waals surface area contributed by atoms with Gasteiger partial charge in [0.15, 0.2) is 0 Å². The summed E-state index contributed by atoms with van der Waals surface area (Å²) in [7, 11) is 0. The van der Waals surface area contributed by atoms with Gasteiger partial charge in [-0.2, -0.15) is 5.10 Å². The van der Waals surface area contributed by atoms with E-state index in [9.17, 15) is 4.39 Å². The number of aryl methyl sites for hydroxylation is 2. The summed E-state index contributed by atoms with van der Waals surface area (Å²) in [4.78, 5) is 0. The minimum Gasteiger partial charge on any atom is -0.319 e. The van der Waals surface area contributed by atoms with Crippen LogP contribution in [-0.4, -0.2) is 9.78 Å². The highest BCUT2D eigenvalue weighted by Crippen LogP contribution is 2.28. The molecule has 5 heteroatoms. The average molecular weight is 312 g/mol. The van der Waals surface area contributed by atoms with Crippen LogP contribution in [0.5, 0.6) is 0 Å². The first-order valence-electron chi connectivity index (χ1n) is 5.77. The number of halogens is 2. The quantitative estimate of drug-likeness (QED) is 0.946. The van der Waals surface area contributed by atoms with Gasteiger partial charge in [0.1, 0.15) is 5.82 Å². The average Bonchev–Trinajstić information content (AvgIpc) is 2.72. The summed E-state index contributed by atoms with van der Waals surface area (Å²) < 4.78 is 16.0. The minimum absolute atomic E-state index is 0.273. The number of hydrogen-bond donors (Lipinski definition) is 1. The second-order valence-corrected chi connectivity index (χ2v) is 5.03. The molecule has 0 fully saturated rings. The van der Waals surface area contributed by atoms with Crippen LogP contribution < -0.4 is 5.73 Å². The van der Waals surface area contributed by atoms with E-state index in [1.807, 2.05) is 18.5 Å². The van der Waals surface area contributed by atoms with E-state index in [1.165, 1.54) is 12.1 Å². The Kier molecular flexibility index (Phi) is 3.82. The summed E-state index contributed by atoms with van der Waals surface area (Å²) in [5, 5.41) is 4.23. The normalized spacial score (nSPS) is 12.7. The van der Waals surface area contributed by atoms with Gasteiger partial charge in [0, 0.05) is 6.54 Å². The van der Waals surface area contributed by atoms with E-state index in [0.717, 1.165) is 27.8 Å². The van der Waals surface area contributed by atoms with E-state index in [0.29, 0.717) is 0 Å². The molecular weight excluding hydrogens is 297 g/mol. The molecule has 2 N–H and O–H groups in total. The summed E-state index contributed by atoms with van der Waals surface area (Å²) in [6, 6.07) is 4.28. The molecule has 0 amide bonds. The molecule has 1 aromatic heterocycles. The third-order valence-electron chi connectivity index (χ3n) is 3.00. The monoisotopic (exact) mass is 311 g/mol. The molecule has 1 atom stereocenters. The Hall–Kier alpha value is -1.20. The summed E-state index contributed by atoms with van der Waals surface area (Å²) in [6.07, 6.45) is 1.72. The molecule has 0 aliphatic carbocycles. The highest BCUT2D eigenvalue weighted by molar-refractivity contribution is 9.10. The predicted molar refractivity (Wildman–Crippen MR) is 72.8 cm³/mol. The summed E-state index contributed by atoms with van der Waals surface area (Å²) in [5.41, 5.74) is 8.87. The van der Waals surface area contributed by atoms with E-state index in [-0.39, 0.29) is 5.82 Å². The van der Waals surface area contributed by atoms with Crippen LogP contribution in [-0.2, 0) is 6.54 Å². The lowest BCUT2D eigenvalue weighted by atomic mass is 9.99. The molecule has 96 valence electrons. The van der Waals surface area contributed by atoms with Gasteiger partial charge in [0.25, 0.3) is 0 Å². The van der Waals surface area contributed by atoms with Crippen LogP contribution in [0.15, 0.2) is 28.9 Å². The van der Waals surface area contributed by atoms with Crippen LogP contribution in [0.3, 0.4) is 0 Å². The van der Waals surface area contributed by atoms with Crippen molar-refractivity contribution in [2.45, 2.75) is 26.4 Å². The van der Waals surface area contributed by atoms with Crippen LogP contribution in [0.4, 0.5) is 4.39 Å². The molecule has 18 heavy (non-hydrogen) atoms. The van der Waals surface area contributed by atoms with Gasteiger partial charge in [0.2, 0.25) is 0 Å². The fourth-order valence-corrected chi connectivity index (χ4v) is 2.57. The molecule has 3 nitrogen and oxygen atoms in total. The maximum Gasteiger partial charge on any atom is 0.123 e. The molecule has 1 unspecified atom stereocenters. The van der Waals surface area contributed by atoms with Crippen molar-refractivity contribution in [1.82, 2.24) is 9.78 Å². The first-order valence-corrected chi connectivity index (χ1v) is 6.56. The lowest BCUT2D eigenvalue weighted by molar-refractivity contribution is 0.592. The van der Waals surface area contributed by atoms with Gasteiger partial charge in [-0.1, -0.05) is 6.07 Å². The molecular formula is C13H15BrFN3. The third kappa shape index (κ3) is 2.33. The second-order valence-electron chi connectivity index (χ2n) is 4.17. The van der Waals surface area contributed by atoms with Crippen LogP contribution in [0, 0.1) is 12.7 Å². The maximum absolute atomic E-state index is 13.3. The van der Waals surface area contributed by atoms with Crippen molar-refractivity contribution in [3.63, 3.8) is 0 Å². The van der Waals surface area contributed by atoms with Crippen LogP contribution in [0.2, 0.25) is 0 Å². The number of aromatic nitrogens is 2. The van der Waals surface area contributed by atoms with E-state index < -0.39 is 6.04 Å². The molecule has 1 aromatic carbocycles. The second kappa shape index (κ2) is 5.20. The molecule has 0 saturated carbocycles. The molecule has 0 aliphatic heterocycles. The van der Waals surface area contributed by atoms with Gasteiger partial charge >= 0.3 is 0 Å². The van der Waals surface area contributed by atoms with E-state index in [2.05, 4.69) is 21.0 Å². The Bertz CT molecular complexity index is 565. The van der Waals surface area contributed by atoms with Crippen LogP contribution >= 0.6 is 15.9 Å². The highest BCUT2D eigenvalue weighted by Gasteiger charge is 2.19. The standard InChI is InChI=1S/C13H15BrFN3/c1-3-18-13(11(14)7-17-18)12(16)10-6-9(15)5-4-8(10)2/h4-7,12H,3,16H2,1-2H3. The smallest absolute Gasteiger partial charge is 0.123 e. The Balaban J connectivity index is 2.50. The fraction of sp³-hybridized carbons (Fsp3) is 0.308. The minimum atomic E-state index is -0.391. The Morgan fingerprint density at radius 2 is 2.22 bits per heavy atom. The van der Waals surface area contributed by atoms with Gasteiger partial charge in [0.05, 0.1) is 22.4 Å². The predicted octanol–water partition coefficient (Wildman–Crippen LogP) is 3.16. The van der Waals surface area contributed by atoms with Crippen LogP contribution in [0.25, 0.3) is 0 Å². The van der Waals surface area contributed by atoms with Gasteiger partial charge in [-0.05, 0) is 53.0 Å². The molecule has 2 aromatic rings. The lowest BCUT2D eigenvalue weighted by Crippen LogP contribution is -2.18. The largest absolute Gasteiger partial charge is 0.319 e. The van der Waals surface area contributed by atoms with Crippen molar-refractivity contribution in [1.29, 1.82) is 0 Å². The van der Waals surface area contributed by atoms with Crippen molar-refractivity contribution in [2.24, 2.45) is 5.73 Å². The van der Waals surface area contributed by atoms with Crippen molar-refractivity contribution in [3.8, 4) is 0 Å². The topological polar surface area (TPSA) is 43.8 Å². The Morgan fingerprint density at radius 1 is 1.50 bits per heavy atom. The van der Waals surface area contributed by atoms with Crippen molar-refractivity contribution in [3.05, 3.63) is 51.5 Å². The summed E-state index contributed by atoms with van der Waals surface area (Å²) in [6.45, 7) is 4.65. The van der Waals surface area contributed by atoms with Gasteiger partial charge < -0.3 is 5.73 Å². The number of hydrogen-bond acceptors (Lipinski definition) is 2. The van der Waals surface area contributed by atoms with Crippen molar-refractivity contribution < 1.29 is 4.39 Å². The van der Waals surface area contributed by atoms with Gasteiger partial charge in [-0.3, -0.25) is 4.68 Å². The number of nitrogens with zero attached hydrogens (tertiary/aromatic N) is 2. The molecule has 0 spiro atoms.